The lowest BCUT2D eigenvalue weighted by Gasteiger charge is -2.19. The molecule has 0 fully saturated rings. The van der Waals surface area contributed by atoms with Crippen molar-refractivity contribution >= 4 is 27.5 Å². The Bertz CT molecular complexity index is 413. The highest BCUT2D eigenvalue weighted by Gasteiger charge is 2.17. The zero-order chi connectivity index (χ0) is 13.1. The van der Waals surface area contributed by atoms with Gasteiger partial charge in [0.25, 0.3) is 0 Å². The summed E-state index contributed by atoms with van der Waals surface area (Å²) in [5.74, 6) is -0.298. The quantitative estimate of drug-likeness (QED) is 0.621. The molecule has 1 aromatic carbocycles. The second kappa shape index (κ2) is 5.50. The number of benzene rings is 1. The van der Waals surface area contributed by atoms with Gasteiger partial charge in [0.05, 0.1) is 5.56 Å². The minimum atomic E-state index is -0.463. The summed E-state index contributed by atoms with van der Waals surface area (Å²) in [5, 5.41) is 0.721. The van der Waals surface area contributed by atoms with E-state index >= 15 is 0 Å². The van der Waals surface area contributed by atoms with Crippen LogP contribution < -0.4 is 0 Å². The number of allylic oxidation sites excluding steroid dienone is 1. The Kier molecular flexibility index (Phi) is 4.52. The van der Waals surface area contributed by atoms with Gasteiger partial charge in [0.1, 0.15) is 5.60 Å². The largest absolute Gasteiger partial charge is 0.456 e. The summed E-state index contributed by atoms with van der Waals surface area (Å²) in [6.45, 7) is 9.47. The predicted octanol–water partition coefficient (Wildman–Crippen LogP) is 4.05. The SMILES string of the molecule is C=C(CBr)c1ccc(C(=O)OC(C)(C)C)cc1. The van der Waals surface area contributed by atoms with Crippen molar-refractivity contribution in [1.29, 1.82) is 0 Å². The van der Waals surface area contributed by atoms with Gasteiger partial charge in [0, 0.05) is 5.33 Å². The van der Waals surface area contributed by atoms with Gasteiger partial charge in [-0.2, -0.15) is 0 Å². The number of carbonyl (C=O) groups excluding carboxylic acids is 1. The van der Waals surface area contributed by atoms with Crippen LogP contribution in [0, 0.1) is 0 Å². The van der Waals surface area contributed by atoms with E-state index in [1.807, 2.05) is 32.9 Å². The van der Waals surface area contributed by atoms with E-state index in [1.54, 1.807) is 12.1 Å². The van der Waals surface area contributed by atoms with Crippen LogP contribution in [0.25, 0.3) is 5.57 Å². The number of carbonyl (C=O) groups is 1. The predicted molar refractivity (Wildman–Crippen MR) is 74.4 cm³/mol. The molecule has 0 heterocycles. The summed E-state index contributed by atoms with van der Waals surface area (Å²) in [5.41, 5.74) is 2.11. The summed E-state index contributed by atoms with van der Waals surface area (Å²) in [7, 11) is 0. The van der Waals surface area contributed by atoms with E-state index < -0.39 is 5.60 Å². The van der Waals surface area contributed by atoms with Gasteiger partial charge in [0.15, 0.2) is 0 Å². The van der Waals surface area contributed by atoms with Crippen molar-refractivity contribution < 1.29 is 9.53 Å². The molecule has 0 aromatic heterocycles. The molecule has 0 amide bonds. The molecule has 0 aliphatic carbocycles. The number of hydrogen-bond donors (Lipinski definition) is 0. The molecule has 17 heavy (non-hydrogen) atoms. The number of rotatable bonds is 3. The maximum Gasteiger partial charge on any atom is 0.338 e. The molecule has 0 aliphatic heterocycles. The van der Waals surface area contributed by atoms with E-state index in [1.165, 1.54) is 0 Å². The van der Waals surface area contributed by atoms with Crippen molar-refractivity contribution in [3.05, 3.63) is 42.0 Å². The van der Waals surface area contributed by atoms with Crippen molar-refractivity contribution in [2.75, 3.05) is 5.33 Å². The molecular weight excluding hydrogens is 280 g/mol. The third-order valence-electron chi connectivity index (χ3n) is 2.09. The number of halogens is 1. The van der Waals surface area contributed by atoms with Gasteiger partial charge in [-0.05, 0) is 44.0 Å². The third kappa shape index (κ3) is 4.35. The fraction of sp³-hybridized carbons (Fsp3) is 0.357. The molecule has 0 bridgehead atoms. The zero-order valence-electron chi connectivity index (χ0n) is 10.4. The summed E-state index contributed by atoms with van der Waals surface area (Å²) < 4.78 is 5.28. The minimum absolute atomic E-state index is 0.298. The van der Waals surface area contributed by atoms with Crippen LogP contribution in [0.15, 0.2) is 30.8 Å². The van der Waals surface area contributed by atoms with Crippen LogP contribution in [0.5, 0.6) is 0 Å². The third-order valence-corrected chi connectivity index (χ3v) is 2.77. The molecule has 1 aromatic rings. The number of hydrogen-bond acceptors (Lipinski definition) is 2. The Morgan fingerprint density at radius 2 is 1.71 bits per heavy atom. The lowest BCUT2D eigenvalue weighted by molar-refractivity contribution is 0.00695. The van der Waals surface area contributed by atoms with E-state index in [-0.39, 0.29) is 5.97 Å². The van der Waals surface area contributed by atoms with Crippen LogP contribution in [-0.2, 0) is 4.74 Å². The second-order valence-corrected chi connectivity index (χ2v) is 5.38. The van der Waals surface area contributed by atoms with E-state index in [0.717, 1.165) is 16.5 Å². The maximum atomic E-state index is 11.8. The smallest absolute Gasteiger partial charge is 0.338 e. The maximum absolute atomic E-state index is 11.8. The number of esters is 1. The molecule has 0 N–H and O–H groups in total. The Balaban J connectivity index is 2.81. The fourth-order valence-corrected chi connectivity index (χ4v) is 1.58. The average molecular weight is 297 g/mol. The first-order valence-electron chi connectivity index (χ1n) is 5.41. The van der Waals surface area contributed by atoms with Gasteiger partial charge in [-0.25, -0.2) is 4.79 Å². The first-order valence-corrected chi connectivity index (χ1v) is 6.53. The van der Waals surface area contributed by atoms with Crippen LogP contribution in [-0.4, -0.2) is 16.9 Å². The van der Waals surface area contributed by atoms with Crippen molar-refractivity contribution in [3.63, 3.8) is 0 Å². The van der Waals surface area contributed by atoms with E-state index in [2.05, 4.69) is 22.5 Å². The molecule has 0 spiro atoms. The normalized spacial score (nSPS) is 11.1. The molecular formula is C14H17BrO2. The first kappa shape index (κ1) is 14.0. The Morgan fingerprint density at radius 1 is 1.24 bits per heavy atom. The second-order valence-electron chi connectivity index (χ2n) is 4.82. The van der Waals surface area contributed by atoms with Crippen molar-refractivity contribution in [3.8, 4) is 0 Å². The molecule has 1 rings (SSSR count). The lowest BCUT2D eigenvalue weighted by Crippen LogP contribution is -2.23. The Labute approximate surface area is 111 Å². The highest BCUT2D eigenvalue weighted by molar-refractivity contribution is 9.09. The lowest BCUT2D eigenvalue weighted by atomic mass is 10.1. The molecule has 2 nitrogen and oxygen atoms in total. The Hall–Kier alpha value is -1.09. The Morgan fingerprint density at radius 3 is 2.12 bits per heavy atom. The van der Waals surface area contributed by atoms with Crippen molar-refractivity contribution in [2.45, 2.75) is 26.4 Å². The molecule has 3 heteroatoms. The number of alkyl halides is 1. The summed E-state index contributed by atoms with van der Waals surface area (Å²) >= 11 is 3.35. The fourth-order valence-electron chi connectivity index (χ4n) is 1.26. The van der Waals surface area contributed by atoms with Crippen molar-refractivity contribution in [1.82, 2.24) is 0 Å². The van der Waals surface area contributed by atoms with Gasteiger partial charge >= 0.3 is 5.97 Å². The van der Waals surface area contributed by atoms with Gasteiger partial charge in [-0.15, -0.1) is 0 Å². The highest BCUT2D eigenvalue weighted by atomic mass is 79.9. The van der Waals surface area contributed by atoms with Gasteiger partial charge in [-0.1, -0.05) is 34.6 Å². The summed E-state index contributed by atoms with van der Waals surface area (Å²) in [4.78, 5) is 11.8. The molecule has 92 valence electrons. The van der Waals surface area contributed by atoms with E-state index in [0.29, 0.717) is 5.56 Å². The number of ether oxygens (including phenoxy) is 1. The van der Waals surface area contributed by atoms with Crippen LogP contribution >= 0.6 is 15.9 Å². The molecule has 0 saturated carbocycles. The van der Waals surface area contributed by atoms with E-state index in [9.17, 15) is 4.79 Å². The summed E-state index contributed by atoms with van der Waals surface area (Å²) in [6.07, 6.45) is 0. The average Bonchev–Trinajstić information content (AvgIpc) is 2.26. The monoisotopic (exact) mass is 296 g/mol. The van der Waals surface area contributed by atoms with Gasteiger partial charge < -0.3 is 4.74 Å². The molecule has 0 atom stereocenters. The van der Waals surface area contributed by atoms with Crippen LogP contribution in [0.2, 0.25) is 0 Å². The van der Waals surface area contributed by atoms with Crippen LogP contribution in [0.1, 0.15) is 36.7 Å². The summed E-state index contributed by atoms with van der Waals surface area (Å²) in [6, 6.07) is 7.28. The first-order chi connectivity index (χ1) is 7.83. The molecule has 0 saturated heterocycles. The molecule has 0 radical (unpaired) electrons. The van der Waals surface area contributed by atoms with Crippen LogP contribution in [0.4, 0.5) is 0 Å². The minimum Gasteiger partial charge on any atom is -0.456 e. The topological polar surface area (TPSA) is 26.3 Å². The van der Waals surface area contributed by atoms with Crippen molar-refractivity contribution in [2.24, 2.45) is 0 Å². The van der Waals surface area contributed by atoms with Gasteiger partial charge in [-0.3, -0.25) is 0 Å². The van der Waals surface area contributed by atoms with E-state index in [4.69, 9.17) is 4.74 Å². The standard InChI is InChI=1S/C14H17BrO2/c1-10(9-15)11-5-7-12(8-6-11)13(16)17-14(2,3)4/h5-8H,1,9H2,2-4H3. The zero-order valence-corrected chi connectivity index (χ0v) is 12.0. The molecule has 0 unspecified atom stereocenters. The highest BCUT2D eigenvalue weighted by Crippen LogP contribution is 2.17. The van der Waals surface area contributed by atoms with Crippen LogP contribution in [0.3, 0.4) is 0 Å². The molecule has 0 aliphatic rings. The van der Waals surface area contributed by atoms with Gasteiger partial charge in [0.2, 0.25) is 0 Å².